The predicted octanol–water partition coefficient (Wildman–Crippen LogP) is 0.831. The van der Waals surface area contributed by atoms with Gasteiger partial charge in [0.15, 0.2) is 5.78 Å². The van der Waals surface area contributed by atoms with Gasteiger partial charge in [-0.25, -0.2) is 0 Å². The average molecular weight is 597 g/mol. The molecule has 6 rings (SSSR count). The summed E-state index contributed by atoms with van der Waals surface area (Å²) in [6.07, 6.45) is 9.63. The predicted molar refractivity (Wildman–Crippen MR) is 161 cm³/mol. The first kappa shape index (κ1) is 28.6. The van der Waals surface area contributed by atoms with Crippen LogP contribution in [0.2, 0.25) is 0 Å². The molecule has 39 heavy (non-hydrogen) atoms. The minimum absolute atomic E-state index is 0.00277. The van der Waals surface area contributed by atoms with Gasteiger partial charge in [-0.2, -0.15) is 0 Å². The van der Waals surface area contributed by atoms with Crippen molar-refractivity contribution in [2.75, 3.05) is 38.6 Å². The second-order valence-electron chi connectivity index (χ2n) is 11.9. The number of morpholine rings is 1. The Balaban J connectivity index is 1.06. The molecular formula is C27H44N6O3S3. The zero-order valence-electron chi connectivity index (χ0n) is 22.6. The lowest BCUT2D eigenvalue weighted by molar-refractivity contribution is -0.121. The summed E-state index contributed by atoms with van der Waals surface area (Å²) in [4.78, 5) is 27.7. The molecule has 0 spiro atoms. The number of ketones is 1. The Morgan fingerprint density at radius 2 is 1.92 bits per heavy atom. The zero-order chi connectivity index (χ0) is 26.9. The summed E-state index contributed by atoms with van der Waals surface area (Å²) < 4.78 is 5.53. The van der Waals surface area contributed by atoms with Crippen LogP contribution in [0.4, 0.5) is 0 Å². The topological polar surface area (TPSA) is 135 Å². The van der Waals surface area contributed by atoms with Gasteiger partial charge in [-0.15, -0.1) is 35.3 Å². The van der Waals surface area contributed by atoms with E-state index >= 15 is 0 Å². The van der Waals surface area contributed by atoms with E-state index in [0.717, 1.165) is 75.7 Å². The Morgan fingerprint density at radius 3 is 2.72 bits per heavy atom. The van der Waals surface area contributed by atoms with E-state index in [0.29, 0.717) is 33.6 Å². The van der Waals surface area contributed by atoms with E-state index < -0.39 is 0 Å². The van der Waals surface area contributed by atoms with Gasteiger partial charge in [0.25, 0.3) is 0 Å². The summed E-state index contributed by atoms with van der Waals surface area (Å²) in [5.41, 5.74) is 12.2. The van der Waals surface area contributed by atoms with E-state index in [1.807, 2.05) is 41.4 Å². The first-order valence-electron chi connectivity index (χ1n) is 14.8. The number of hydrogen-bond acceptors (Lipinski definition) is 11. The summed E-state index contributed by atoms with van der Waals surface area (Å²) >= 11 is 5.81. The number of hydrogen-bond donors (Lipinski definition) is 5. The molecule has 6 aliphatic rings. The lowest BCUT2D eigenvalue weighted by Crippen LogP contribution is -2.66. The number of amides is 1. The Bertz CT molecular complexity index is 936. The second-order valence-corrected chi connectivity index (χ2v) is 15.8. The van der Waals surface area contributed by atoms with Gasteiger partial charge >= 0.3 is 0 Å². The van der Waals surface area contributed by atoms with Crippen LogP contribution in [0, 0.1) is 5.92 Å². The molecule has 9 nitrogen and oxygen atoms in total. The largest absolute Gasteiger partial charge is 0.378 e. The lowest BCUT2D eigenvalue weighted by Gasteiger charge is -2.41. The summed E-state index contributed by atoms with van der Waals surface area (Å²) in [6, 6.07) is 0.471. The molecule has 10 atom stereocenters. The number of nitrogens with two attached hydrogens (primary N) is 2. The smallest absolute Gasteiger partial charge is 0.236 e. The van der Waals surface area contributed by atoms with Crippen molar-refractivity contribution in [1.82, 2.24) is 20.9 Å². The molecule has 7 N–H and O–H groups in total. The molecule has 0 aromatic heterocycles. The van der Waals surface area contributed by atoms with E-state index in [2.05, 4.69) is 20.9 Å². The summed E-state index contributed by atoms with van der Waals surface area (Å²) in [7, 11) is 0. The number of fused-ring (bicyclic) bond motifs is 1. The van der Waals surface area contributed by atoms with Crippen LogP contribution >= 0.6 is 35.3 Å². The third-order valence-corrected chi connectivity index (χ3v) is 14.1. The molecule has 4 saturated heterocycles. The Hall–Kier alpha value is -0.470. The fourth-order valence-electron chi connectivity index (χ4n) is 7.20. The van der Waals surface area contributed by atoms with Gasteiger partial charge in [-0.1, -0.05) is 12.8 Å². The molecule has 5 aliphatic heterocycles. The molecule has 5 fully saturated rings. The number of allylic oxidation sites excluding steroid dienone is 1. The molecule has 0 radical (unpaired) electrons. The van der Waals surface area contributed by atoms with E-state index in [1.54, 1.807) is 0 Å². The van der Waals surface area contributed by atoms with Crippen molar-refractivity contribution in [3.8, 4) is 0 Å². The molecule has 0 aromatic rings. The minimum Gasteiger partial charge on any atom is -0.378 e. The number of ether oxygens (including phenoxy) is 1. The van der Waals surface area contributed by atoms with Crippen LogP contribution in [-0.2, 0) is 14.3 Å². The number of rotatable bonds is 7. The number of piperidine rings is 1. The number of primary amides is 1. The minimum atomic E-state index is -0.359. The van der Waals surface area contributed by atoms with Gasteiger partial charge in [0.2, 0.25) is 5.91 Å². The quantitative estimate of drug-likeness (QED) is 0.286. The molecule has 5 heterocycles. The maximum Gasteiger partial charge on any atom is 0.236 e. The first-order chi connectivity index (χ1) is 19.0. The van der Waals surface area contributed by atoms with E-state index in [1.165, 1.54) is 12.8 Å². The van der Waals surface area contributed by atoms with Crippen molar-refractivity contribution < 1.29 is 14.3 Å². The number of carbonyl (C=O) groups is 2. The Labute approximate surface area is 244 Å². The zero-order valence-corrected chi connectivity index (χ0v) is 25.0. The molecule has 12 heteroatoms. The molecular weight excluding hydrogens is 553 g/mol. The van der Waals surface area contributed by atoms with Crippen molar-refractivity contribution in [3.05, 3.63) is 11.1 Å². The van der Waals surface area contributed by atoms with Gasteiger partial charge in [0, 0.05) is 60.4 Å². The van der Waals surface area contributed by atoms with Crippen LogP contribution in [0.25, 0.3) is 0 Å². The van der Waals surface area contributed by atoms with E-state index in [9.17, 15) is 9.59 Å². The van der Waals surface area contributed by atoms with Crippen molar-refractivity contribution in [3.63, 3.8) is 0 Å². The summed E-state index contributed by atoms with van der Waals surface area (Å²) in [5.74, 6) is 1.56. The third-order valence-electron chi connectivity index (χ3n) is 9.34. The fraction of sp³-hybridized carbons (Fsp3) is 0.852. The van der Waals surface area contributed by atoms with Crippen LogP contribution < -0.4 is 27.4 Å². The van der Waals surface area contributed by atoms with Crippen molar-refractivity contribution >= 4 is 47.0 Å². The Morgan fingerprint density at radius 1 is 1.10 bits per heavy atom. The molecule has 218 valence electrons. The van der Waals surface area contributed by atoms with E-state index in [-0.39, 0.29) is 35.3 Å². The highest BCUT2D eigenvalue weighted by molar-refractivity contribution is 8.07. The number of nitrogens with one attached hydrogen (secondary N) is 3. The molecule has 1 amide bonds. The maximum absolute atomic E-state index is 13.1. The number of carbonyl (C=O) groups excluding carboxylic acids is 2. The monoisotopic (exact) mass is 596 g/mol. The van der Waals surface area contributed by atoms with Gasteiger partial charge in [-0.3, -0.25) is 9.59 Å². The van der Waals surface area contributed by atoms with Gasteiger partial charge in [-0.05, 0) is 43.8 Å². The van der Waals surface area contributed by atoms with Crippen LogP contribution in [0.5, 0.6) is 0 Å². The standard InChI is InChI=1S/C27H44N6O3S3/c28-17-3-1-2-4-18(17)31-15-11-19(24(27(29)35)30-13-15)32-22-6-5-21(38-22)16-14-37-26-20(34)12-23(39-25(16)26)33-7-9-36-10-8-33/h12,15-19,21-22,24-26,30-32H,1-11,13-14,28H2,(H2,29,35)/t15?,16?,17-,18+,19?,21?,22?,24?,25?,26?/m1/s1. The molecule has 1 aliphatic carbocycles. The maximum atomic E-state index is 13.1. The van der Waals surface area contributed by atoms with Crippen LogP contribution in [-0.4, -0.2) is 107 Å². The second kappa shape index (κ2) is 12.8. The van der Waals surface area contributed by atoms with Crippen molar-refractivity contribution in [2.24, 2.45) is 17.4 Å². The first-order valence-corrected chi connectivity index (χ1v) is 17.7. The van der Waals surface area contributed by atoms with Crippen molar-refractivity contribution in [1.29, 1.82) is 0 Å². The Kier molecular flexibility index (Phi) is 9.41. The SMILES string of the molecule is NC(=O)C1NCC(N[C@H]2CCCC[C@H]2N)CC1NC1CCC(C2CSC3C(=O)C=C(N4CCOCC4)SC32)S1. The van der Waals surface area contributed by atoms with Gasteiger partial charge in [0.1, 0.15) is 6.04 Å². The number of thioether (sulfide) groups is 3. The van der Waals surface area contributed by atoms with E-state index in [4.69, 9.17) is 16.2 Å². The van der Waals surface area contributed by atoms with Crippen LogP contribution in [0.3, 0.4) is 0 Å². The van der Waals surface area contributed by atoms with Crippen LogP contribution in [0.15, 0.2) is 11.1 Å². The molecule has 8 unspecified atom stereocenters. The number of nitrogens with zero attached hydrogens (tertiary/aromatic N) is 1. The van der Waals surface area contributed by atoms with Crippen molar-refractivity contribution in [2.45, 2.75) is 96.3 Å². The average Bonchev–Trinajstić information content (AvgIpc) is 3.58. The molecule has 0 aromatic carbocycles. The van der Waals surface area contributed by atoms with Gasteiger partial charge in [0.05, 0.1) is 28.9 Å². The lowest BCUT2D eigenvalue weighted by atomic mass is 9.88. The highest BCUT2D eigenvalue weighted by atomic mass is 32.2. The van der Waals surface area contributed by atoms with Gasteiger partial charge < -0.3 is 37.1 Å². The summed E-state index contributed by atoms with van der Waals surface area (Å²) in [6.45, 7) is 3.93. The summed E-state index contributed by atoms with van der Waals surface area (Å²) in [5, 5.41) is 13.4. The molecule has 1 saturated carbocycles. The normalized spacial score (nSPS) is 43.3. The molecule has 0 bridgehead atoms. The highest BCUT2D eigenvalue weighted by Crippen LogP contribution is 2.52. The van der Waals surface area contributed by atoms with Crippen LogP contribution in [0.1, 0.15) is 44.9 Å². The highest BCUT2D eigenvalue weighted by Gasteiger charge is 2.49. The fourth-order valence-corrected chi connectivity index (χ4v) is 12.6. The third kappa shape index (κ3) is 6.48.